The summed E-state index contributed by atoms with van der Waals surface area (Å²) in [6.07, 6.45) is -0.559. The summed E-state index contributed by atoms with van der Waals surface area (Å²) >= 11 is 15.8. The molecule has 0 bridgehead atoms. The molecule has 0 fully saturated rings. The van der Waals surface area contributed by atoms with Crippen LogP contribution in [0.3, 0.4) is 0 Å². The Morgan fingerprint density at radius 2 is 1.82 bits per heavy atom. The molecule has 11 heavy (non-hydrogen) atoms. The van der Waals surface area contributed by atoms with Crippen LogP contribution in [0, 0.1) is 5.92 Å². The second-order valence-corrected chi connectivity index (χ2v) is 4.82. The van der Waals surface area contributed by atoms with E-state index in [9.17, 15) is 0 Å². The lowest BCUT2D eigenvalue weighted by atomic mass is 10.1. The molecule has 0 rings (SSSR count). The summed E-state index contributed by atoms with van der Waals surface area (Å²) in [5, 5.41) is 9.08. The third kappa shape index (κ3) is 8.70. The van der Waals surface area contributed by atoms with Crippen LogP contribution < -0.4 is 0 Å². The van der Waals surface area contributed by atoms with Crippen molar-refractivity contribution in [3.8, 4) is 0 Å². The fraction of sp³-hybridized carbons (Fsp3) is 1.00. The van der Waals surface area contributed by atoms with Crippen LogP contribution in [-0.2, 0) is 4.74 Å². The van der Waals surface area contributed by atoms with Crippen molar-refractivity contribution < 1.29 is 9.84 Å². The van der Waals surface area contributed by atoms with Gasteiger partial charge < -0.3 is 9.84 Å². The molecule has 68 valence electrons. The van der Waals surface area contributed by atoms with E-state index in [-0.39, 0.29) is 0 Å². The van der Waals surface area contributed by atoms with E-state index in [1.54, 1.807) is 0 Å². The van der Waals surface area contributed by atoms with Crippen LogP contribution in [0.15, 0.2) is 0 Å². The first-order chi connectivity index (χ1) is 4.81. The van der Waals surface area contributed by atoms with E-state index in [1.165, 1.54) is 0 Å². The van der Waals surface area contributed by atoms with Gasteiger partial charge in [0.15, 0.2) is 6.29 Å². The Bertz CT molecular complexity index is 111. The van der Waals surface area contributed by atoms with Crippen LogP contribution in [0.5, 0.6) is 0 Å². The first kappa shape index (κ1) is 11.8. The zero-order valence-electron chi connectivity index (χ0n) is 6.35. The number of alkyl halides is 3. The summed E-state index contributed by atoms with van der Waals surface area (Å²) in [7, 11) is 0. The summed E-state index contributed by atoms with van der Waals surface area (Å²) in [6.45, 7) is 3.87. The van der Waals surface area contributed by atoms with Crippen molar-refractivity contribution in [3.63, 3.8) is 0 Å². The smallest absolute Gasteiger partial charge is 0.299 e. The molecule has 0 aliphatic carbocycles. The topological polar surface area (TPSA) is 29.5 Å². The molecule has 1 atom stereocenters. The third-order valence-corrected chi connectivity index (χ3v) is 1.21. The zero-order valence-corrected chi connectivity index (χ0v) is 8.62. The average molecular weight is 222 g/mol. The number of rotatable bonds is 3. The lowest BCUT2D eigenvalue weighted by molar-refractivity contribution is -0.113. The molecule has 1 unspecified atom stereocenters. The van der Waals surface area contributed by atoms with Crippen molar-refractivity contribution in [2.24, 2.45) is 5.92 Å². The van der Waals surface area contributed by atoms with Gasteiger partial charge in [0.25, 0.3) is 3.98 Å². The van der Waals surface area contributed by atoms with Gasteiger partial charge in [-0.1, -0.05) is 48.7 Å². The molecule has 0 spiro atoms. The minimum Gasteiger partial charge on any atom is -0.368 e. The number of aliphatic hydroxyl groups excluding tert-OH is 1. The maximum Gasteiger partial charge on any atom is 0.299 e. The maximum atomic E-state index is 9.08. The van der Waals surface area contributed by atoms with E-state index >= 15 is 0 Å². The Morgan fingerprint density at radius 3 is 2.09 bits per heavy atom. The number of aliphatic hydroxyl groups is 1. The second kappa shape index (κ2) is 4.73. The van der Waals surface area contributed by atoms with E-state index in [0.29, 0.717) is 12.3 Å². The van der Waals surface area contributed by atoms with Gasteiger partial charge in [0, 0.05) is 6.42 Å². The fourth-order valence-corrected chi connectivity index (χ4v) is 0.914. The van der Waals surface area contributed by atoms with Crippen LogP contribution in [0.1, 0.15) is 20.3 Å². The molecule has 0 saturated heterocycles. The summed E-state index contributed by atoms with van der Waals surface area (Å²) < 4.78 is 2.78. The molecule has 0 radical (unpaired) electrons. The zero-order chi connectivity index (χ0) is 9.07. The monoisotopic (exact) mass is 220 g/mol. The Kier molecular flexibility index (Phi) is 5.07. The van der Waals surface area contributed by atoms with Gasteiger partial charge in [-0.25, -0.2) is 0 Å². The average Bonchev–Trinajstić information content (AvgIpc) is 1.53. The summed E-state index contributed by atoms with van der Waals surface area (Å²) in [4.78, 5) is 0. The number of hydrogen-bond acceptors (Lipinski definition) is 2. The Balaban J connectivity index is 3.61. The second-order valence-electron chi connectivity index (χ2n) is 2.65. The van der Waals surface area contributed by atoms with Gasteiger partial charge in [-0.05, 0) is 5.92 Å². The number of halogens is 3. The van der Waals surface area contributed by atoms with Crippen molar-refractivity contribution in [1.29, 1.82) is 0 Å². The Labute approximate surface area is 81.4 Å². The van der Waals surface area contributed by atoms with Crippen molar-refractivity contribution >= 4 is 34.8 Å². The van der Waals surface area contributed by atoms with Gasteiger partial charge in [0.2, 0.25) is 0 Å². The largest absolute Gasteiger partial charge is 0.368 e. The minimum atomic E-state index is -1.83. The maximum absolute atomic E-state index is 9.08. The quantitative estimate of drug-likeness (QED) is 0.586. The van der Waals surface area contributed by atoms with Crippen LogP contribution in [0.4, 0.5) is 0 Å². The van der Waals surface area contributed by atoms with Crippen LogP contribution in [0.25, 0.3) is 0 Å². The molecule has 2 nitrogen and oxygen atoms in total. The van der Waals surface area contributed by atoms with Gasteiger partial charge in [-0.2, -0.15) is 0 Å². The minimum absolute atomic E-state index is 0.303. The molecule has 0 aliphatic rings. The predicted molar refractivity (Wildman–Crippen MR) is 46.8 cm³/mol. The highest BCUT2D eigenvalue weighted by Crippen LogP contribution is 2.29. The van der Waals surface area contributed by atoms with Gasteiger partial charge >= 0.3 is 0 Å². The molecule has 0 amide bonds. The van der Waals surface area contributed by atoms with Gasteiger partial charge in [0.05, 0.1) is 0 Å². The predicted octanol–water partition coefficient (Wildman–Crippen LogP) is 2.70. The molecule has 0 saturated carbocycles. The SMILES string of the molecule is CC(C)CC(O)OC(Cl)(Cl)Cl. The normalized spacial score (nSPS) is 15.5. The van der Waals surface area contributed by atoms with E-state index in [2.05, 4.69) is 4.74 Å². The molecule has 0 aromatic heterocycles. The lowest BCUT2D eigenvalue weighted by Gasteiger charge is -2.18. The highest BCUT2D eigenvalue weighted by molar-refractivity contribution is 6.66. The van der Waals surface area contributed by atoms with Gasteiger partial charge in [-0.15, -0.1) is 0 Å². The Morgan fingerprint density at radius 1 is 1.36 bits per heavy atom. The molecule has 0 heterocycles. The number of hydrogen-bond donors (Lipinski definition) is 1. The highest BCUT2D eigenvalue weighted by atomic mass is 35.6. The van der Waals surface area contributed by atoms with E-state index in [4.69, 9.17) is 39.9 Å². The van der Waals surface area contributed by atoms with E-state index < -0.39 is 10.3 Å². The van der Waals surface area contributed by atoms with E-state index in [0.717, 1.165) is 0 Å². The molecule has 1 N–H and O–H groups in total. The van der Waals surface area contributed by atoms with Crippen LogP contribution in [-0.4, -0.2) is 15.4 Å². The third-order valence-electron chi connectivity index (χ3n) is 0.943. The molecular formula is C6H11Cl3O2. The summed E-state index contributed by atoms with van der Waals surface area (Å²) in [5.74, 6) is 0.303. The van der Waals surface area contributed by atoms with Gasteiger partial charge in [0.1, 0.15) is 0 Å². The molecule has 0 aromatic rings. The first-order valence-corrected chi connectivity index (χ1v) is 4.37. The van der Waals surface area contributed by atoms with Crippen molar-refractivity contribution in [3.05, 3.63) is 0 Å². The van der Waals surface area contributed by atoms with Crippen LogP contribution >= 0.6 is 34.8 Å². The van der Waals surface area contributed by atoms with E-state index in [1.807, 2.05) is 13.8 Å². The summed E-state index contributed by atoms with van der Waals surface area (Å²) in [5.41, 5.74) is 0. The molecule has 5 heteroatoms. The van der Waals surface area contributed by atoms with Gasteiger partial charge in [-0.3, -0.25) is 0 Å². The highest BCUT2D eigenvalue weighted by Gasteiger charge is 2.24. The lowest BCUT2D eigenvalue weighted by Crippen LogP contribution is -2.22. The molecule has 0 aromatic carbocycles. The van der Waals surface area contributed by atoms with Crippen molar-refractivity contribution in [2.45, 2.75) is 30.5 Å². The van der Waals surface area contributed by atoms with Crippen molar-refractivity contribution in [1.82, 2.24) is 0 Å². The molecule has 0 aliphatic heterocycles. The van der Waals surface area contributed by atoms with Crippen molar-refractivity contribution in [2.75, 3.05) is 0 Å². The van der Waals surface area contributed by atoms with Crippen LogP contribution in [0.2, 0.25) is 0 Å². The number of ether oxygens (including phenoxy) is 1. The Hall–Kier alpha value is 0.790. The fourth-order valence-electron chi connectivity index (χ4n) is 0.606. The first-order valence-electron chi connectivity index (χ1n) is 3.24. The summed E-state index contributed by atoms with van der Waals surface area (Å²) in [6, 6.07) is 0. The standard InChI is InChI=1S/C6H11Cl3O2/c1-4(2)3-5(10)11-6(7,8)9/h4-5,10H,3H2,1-2H3. The molecular weight excluding hydrogens is 210 g/mol.